The van der Waals surface area contributed by atoms with Crippen molar-refractivity contribution in [3.8, 4) is 57.1 Å². The second-order valence-electron chi connectivity index (χ2n) is 18.0. The Kier molecular flexibility index (Phi) is 11.2. The Morgan fingerprint density at radius 1 is 0.500 bits per heavy atom. The van der Waals surface area contributed by atoms with Gasteiger partial charge >= 0.3 is 0 Å². The molecule has 0 bridgehead atoms. The largest absolute Gasteiger partial charge is 0.506 e. The predicted octanol–water partition coefficient (Wildman–Crippen LogP) is -0.0560. The molecule has 4 aromatic carbocycles. The van der Waals surface area contributed by atoms with Crippen LogP contribution in [-0.2, 0) is 12.8 Å². The topological polar surface area (TPSA) is 354 Å². The molecular weight excluding hydrogens is 872 g/mol. The van der Waals surface area contributed by atoms with Gasteiger partial charge in [0.15, 0.2) is 34.2 Å². The van der Waals surface area contributed by atoms with Gasteiger partial charge < -0.3 is 90.4 Å². The van der Waals surface area contributed by atoms with E-state index in [1.54, 1.807) is 13.8 Å². The standard InChI is InChI=1S/C46H54O20/c1-7-9-43(59)41(57)33(53)27(47)19-13-15-11-17-23(29(49)21(15)39(55)45(19,43)61)31(51)25(37(65-5)35(17)63-3)26-32(52)24-18(36(64-4)38(26)66-6)12-16-14-20-28(48)34(54)42(58)44(60,10-8-2)46(20,62)40(56)22(16)30(24)50/h11-12,19-20,27-28,33-34,41-42,47-54,57-62H,7-10,13-14H2,1-6H3/t19-,20-,27+,28+,33-,34-,41+,42+,43+,44+,45-,46-/m1/s1. The molecule has 2 fully saturated rings. The number of methoxy groups -OCH3 is 4. The van der Waals surface area contributed by atoms with Crippen molar-refractivity contribution < 1.29 is 100 Å². The van der Waals surface area contributed by atoms with Gasteiger partial charge in [0, 0.05) is 22.6 Å². The van der Waals surface area contributed by atoms with Crippen LogP contribution in [0.3, 0.4) is 0 Å². The van der Waals surface area contributed by atoms with Crippen LogP contribution in [0.15, 0.2) is 12.1 Å². The number of hydrogen-bond donors (Lipinski definition) is 14. The van der Waals surface area contributed by atoms with Crippen LogP contribution in [0.2, 0.25) is 0 Å². The minimum Gasteiger partial charge on any atom is -0.506 e. The second kappa shape index (κ2) is 15.7. The highest BCUT2D eigenvalue weighted by atomic mass is 16.5. The molecule has 4 aliphatic rings. The molecule has 20 heteroatoms. The molecular formula is C46H54O20. The van der Waals surface area contributed by atoms with E-state index < -0.39 is 164 Å². The summed E-state index contributed by atoms with van der Waals surface area (Å²) in [6, 6.07) is 2.57. The Hall–Kier alpha value is -5.26. The molecule has 20 nitrogen and oxygen atoms in total. The quantitative estimate of drug-likeness (QED) is 0.105. The average molecular weight is 927 g/mol. The van der Waals surface area contributed by atoms with Crippen LogP contribution >= 0.6 is 0 Å². The molecule has 0 amide bonds. The number of aliphatic hydroxyl groups is 10. The van der Waals surface area contributed by atoms with E-state index in [0.717, 1.165) is 14.2 Å². The first-order valence-corrected chi connectivity index (χ1v) is 21.4. The molecule has 4 aliphatic carbocycles. The molecule has 0 saturated heterocycles. The van der Waals surface area contributed by atoms with Crippen molar-refractivity contribution in [1.29, 1.82) is 0 Å². The number of rotatable bonds is 9. The lowest BCUT2D eigenvalue weighted by Gasteiger charge is -2.57. The van der Waals surface area contributed by atoms with E-state index in [1.807, 2.05) is 0 Å². The summed E-state index contributed by atoms with van der Waals surface area (Å²) in [5.41, 5.74) is -13.9. The molecule has 66 heavy (non-hydrogen) atoms. The SMILES string of the molecule is CCC[C@]1(O)[C@@H](O)[C@H](O)[C@@H](O)[C@H]2Cc3cc4c(OC)c(OC)c(-c5c(OC)c(OC)c6cc7c(c(O)c6c5O)C(=O)[C@]5(O)[C@H](C7)[C@H](O)[C@@H](O)[C@H](O)[C@@]5(O)CCC)c(O)c4c(O)c3C(=O)[C@]21O. The van der Waals surface area contributed by atoms with Crippen molar-refractivity contribution in [2.45, 2.75) is 111 Å². The van der Waals surface area contributed by atoms with Gasteiger partial charge in [-0.05, 0) is 48.9 Å². The van der Waals surface area contributed by atoms with Gasteiger partial charge in [-0.1, -0.05) is 26.7 Å². The summed E-state index contributed by atoms with van der Waals surface area (Å²) in [6.07, 6.45) is -13.9. The van der Waals surface area contributed by atoms with E-state index >= 15 is 0 Å². The lowest BCUT2D eigenvalue weighted by Crippen LogP contribution is -2.79. The monoisotopic (exact) mass is 926 g/mol. The maximum atomic E-state index is 14.7. The number of Topliss-reactive ketones (excluding diaryl/α,β-unsaturated/α-hetero) is 2. The van der Waals surface area contributed by atoms with Gasteiger partial charge in [0.05, 0.1) is 73.7 Å². The number of phenols is 4. The number of phenolic OH excluding ortho intramolecular Hbond substituents is 4. The van der Waals surface area contributed by atoms with Crippen LogP contribution in [0.5, 0.6) is 46.0 Å². The molecule has 0 spiro atoms. The van der Waals surface area contributed by atoms with Gasteiger partial charge in [0.25, 0.3) is 0 Å². The van der Waals surface area contributed by atoms with Gasteiger partial charge in [-0.2, -0.15) is 0 Å². The second-order valence-corrected chi connectivity index (χ2v) is 18.0. The van der Waals surface area contributed by atoms with Crippen molar-refractivity contribution in [3.05, 3.63) is 34.4 Å². The number of ketones is 2. The number of aliphatic hydroxyl groups excluding tert-OH is 6. The maximum Gasteiger partial charge on any atom is 0.201 e. The van der Waals surface area contributed by atoms with E-state index in [1.165, 1.54) is 26.4 Å². The summed E-state index contributed by atoms with van der Waals surface area (Å²) in [6.45, 7) is 3.16. The van der Waals surface area contributed by atoms with Crippen molar-refractivity contribution >= 4 is 33.1 Å². The number of hydrogen-bond acceptors (Lipinski definition) is 20. The van der Waals surface area contributed by atoms with Crippen LogP contribution < -0.4 is 18.9 Å². The highest BCUT2D eigenvalue weighted by molar-refractivity contribution is 6.19. The van der Waals surface area contributed by atoms with Crippen LogP contribution in [0.4, 0.5) is 0 Å². The Bertz CT molecular complexity index is 2540. The Morgan fingerprint density at radius 2 is 0.803 bits per heavy atom. The smallest absolute Gasteiger partial charge is 0.201 e. The normalized spacial score (nSPS) is 33.8. The summed E-state index contributed by atoms with van der Waals surface area (Å²) in [7, 11) is 4.68. The molecule has 0 radical (unpaired) electrons. The van der Waals surface area contributed by atoms with E-state index in [-0.39, 0.29) is 57.7 Å². The molecule has 2 saturated carbocycles. The van der Waals surface area contributed by atoms with Crippen molar-refractivity contribution in [2.75, 3.05) is 28.4 Å². The lowest BCUT2D eigenvalue weighted by atomic mass is 9.54. The summed E-state index contributed by atoms with van der Waals surface area (Å²) >= 11 is 0. The minimum absolute atomic E-state index is 0.0388. The van der Waals surface area contributed by atoms with Crippen molar-refractivity contribution in [1.82, 2.24) is 0 Å². The third-order valence-electron chi connectivity index (χ3n) is 15.0. The Labute approximate surface area is 375 Å². The predicted molar refractivity (Wildman–Crippen MR) is 228 cm³/mol. The maximum absolute atomic E-state index is 14.7. The molecule has 0 unspecified atom stereocenters. The number of carbonyl (C=O) groups is 2. The highest BCUT2D eigenvalue weighted by Crippen LogP contribution is 2.63. The van der Waals surface area contributed by atoms with E-state index in [2.05, 4.69) is 0 Å². The van der Waals surface area contributed by atoms with Gasteiger partial charge in [0.2, 0.25) is 11.6 Å². The highest BCUT2D eigenvalue weighted by Gasteiger charge is 2.72. The Morgan fingerprint density at radius 3 is 1.09 bits per heavy atom. The number of ether oxygens (including phenoxy) is 4. The molecule has 12 atom stereocenters. The summed E-state index contributed by atoms with van der Waals surface area (Å²) in [4.78, 5) is 29.3. The van der Waals surface area contributed by atoms with E-state index in [0.29, 0.717) is 0 Å². The number of fused-ring (bicyclic) bond motifs is 6. The molecule has 0 heterocycles. The first-order chi connectivity index (χ1) is 31.0. The Balaban J connectivity index is 1.44. The van der Waals surface area contributed by atoms with Gasteiger partial charge in [0.1, 0.15) is 58.6 Å². The molecule has 8 rings (SSSR count). The van der Waals surface area contributed by atoms with Gasteiger partial charge in [-0.15, -0.1) is 0 Å². The van der Waals surface area contributed by atoms with Crippen LogP contribution in [0.1, 0.15) is 71.4 Å². The van der Waals surface area contributed by atoms with Crippen LogP contribution in [0, 0.1) is 11.8 Å². The molecule has 358 valence electrons. The summed E-state index contributed by atoms with van der Waals surface area (Å²) in [5.74, 6) is -11.0. The molecule has 0 aliphatic heterocycles. The van der Waals surface area contributed by atoms with Gasteiger partial charge in [-0.3, -0.25) is 9.59 Å². The van der Waals surface area contributed by atoms with E-state index in [4.69, 9.17) is 18.9 Å². The minimum atomic E-state index is -3.00. The van der Waals surface area contributed by atoms with Crippen molar-refractivity contribution in [3.63, 3.8) is 0 Å². The molecule has 14 N–H and O–H groups in total. The first kappa shape index (κ1) is 47.2. The fourth-order valence-electron chi connectivity index (χ4n) is 11.9. The number of aromatic hydroxyl groups is 4. The third kappa shape index (κ3) is 5.50. The molecule has 4 aromatic rings. The van der Waals surface area contributed by atoms with Gasteiger partial charge in [-0.25, -0.2) is 0 Å². The van der Waals surface area contributed by atoms with Crippen molar-refractivity contribution in [2.24, 2.45) is 11.8 Å². The number of carbonyl (C=O) groups excluding carboxylic acids is 2. The fourth-order valence-corrected chi connectivity index (χ4v) is 11.9. The zero-order valence-corrected chi connectivity index (χ0v) is 36.7. The first-order valence-electron chi connectivity index (χ1n) is 21.4. The zero-order chi connectivity index (χ0) is 48.7. The average Bonchev–Trinajstić information content (AvgIpc) is 3.28. The van der Waals surface area contributed by atoms with Crippen LogP contribution in [-0.4, -0.2) is 171 Å². The summed E-state index contributed by atoms with van der Waals surface area (Å²) < 4.78 is 23.1. The lowest BCUT2D eigenvalue weighted by molar-refractivity contribution is -0.282. The zero-order valence-electron chi connectivity index (χ0n) is 36.7. The van der Waals surface area contributed by atoms with Crippen LogP contribution in [0.25, 0.3) is 32.7 Å². The molecule has 0 aromatic heterocycles. The summed E-state index contributed by atoms with van der Waals surface area (Å²) in [5, 5.41) is 162. The fraction of sp³-hybridized carbons (Fsp3) is 0.522. The van der Waals surface area contributed by atoms with E-state index in [9.17, 15) is 81.1 Å². The number of benzene rings is 4. The third-order valence-corrected chi connectivity index (χ3v) is 15.0.